The van der Waals surface area contributed by atoms with E-state index in [0.29, 0.717) is 18.6 Å². The molecule has 0 aromatic rings. The lowest BCUT2D eigenvalue weighted by Gasteiger charge is -2.15. The second kappa shape index (κ2) is 24.2. The van der Waals surface area contributed by atoms with Crippen molar-refractivity contribution in [2.45, 2.75) is 166 Å². The van der Waals surface area contributed by atoms with Crippen molar-refractivity contribution in [1.82, 2.24) is 0 Å². The second-order valence-electron chi connectivity index (χ2n) is 10.5. The van der Waals surface area contributed by atoms with Crippen molar-refractivity contribution >= 4 is 5.78 Å². The van der Waals surface area contributed by atoms with Crippen LogP contribution in [0.1, 0.15) is 142 Å². The molecule has 0 aliphatic rings. The van der Waals surface area contributed by atoms with Crippen LogP contribution < -0.4 is 11.5 Å². The van der Waals surface area contributed by atoms with E-state index >= 15 is 0 Å². The lowest BCUT2D eigenvalue weighted by Crippen LogP contribution is -2.37. The van der Waals surface area contributed by atoms with E-state index in [1.54, 1.807) is 0 Å². The van der Waals surface area contributed by atoms with Gasteiger partial charge in [-0.2, -0.15) is 0 Å². The fourth-order valence-corrected chi connectivity index (χ4v) is 4.37. The molecule has 204 valence electrons. The van der Waals surface area contributed by atoms with Crippen LogP contribution in [0.2, 0.25) is 0 Å². The van der Waals surface area contributed by atoms with Crippen molar-refractivity contribution in [3.8, 4) is 0 Å². The number of hydrogen-bond donors (Lipinski definition) is 5. The van der Waals surface area contributed by atoms with E-state index in [9.17, 15) is 15.0 Å². The highest BCUT2D eigenvalue weighted by Gasteiger charge is 2.12. The summed E-state index contributed by atoms with van der Waals surface area (Å²) in [5, 5.41) is 28.3. The third kappa shape index (κ3) is 22.0. The number of carbonyl (C=O) groups is 1. The first-order chi connectivity index (χ1) is 16.4. The maximum absolute atomic E-state index is 12.0. The molecule has 0 aromatic carbocycles. The molecule has 0 aromatic heterocycles. The van der Waals surface area contributed by atoms with Crippen molar-refractivity contribution in [1.29, 1.82) is 0 Å². The maximum atomic E-state index is 12.0. The summed E-state index contributed by atoms with van der Waals surface area (Å²) in [4.78, 5) is 12.0. The Hall–Kier alpha value is -0.530. The maximum Gasteiger partial charge on any atom is 0.132 e. The average Bonchev–Trinajstić information content (AvgIpc) is 2.82. The molecule has 0 radical (unpaired) electrons. The Labute approximate surface area is 210 Å². The molecule has 0 aliphatic carbocycles. The van der Waals surface area contributed by atoms with Gasteiger partial charge in [0.15, 0.2) is 0 Å². The smallest absolute Gasteiger partial charge is 0.132 e. The Kier molecular flexibility index (Phi) is 23.8. The van der Waals surface area contributed by atoms with Crippen LogP contribution in [0.5, 0.6) is 0 Å². The van der Waals surface area contributed by atoms with Crippen LogP contribution in [0.4, 0.5) is 0 Å². The van der Waals surface area contributed by atoms with Crippen LogP contribution in [-0.2, 0) is 4.79 Å². The number of rotatable bonds is 26. The SMILES string of the molecule is C[C@H](N)[C@H](O)CCCCCCCCCCCCCCC(=O)CCCCCCC[C@@H](O)[C@H](N)CO. The summed E-state index contributed by atoms with van der Waals surface area (Å²) in [6, 6.07) is -0.643. The van der Waals surface area contributed by atoms with Gasteiger partial charge in [-0.25, -0.2) is 0 Å². The third-order valence-electron chi connectivity index (χ3n) is 6.97. The van der Waals surface area contributed by atoms with Crippen molar-refractivity contribution < 1.29 is 20.1 Å². The third-order valence-corrected chi connectivity index (χ3v) is 6.97. The molecule has 0 unspecified atom stereocenters. The van der Waals surface area contributed by atoms with Gasteiger partial charge in [0.25, 0.3) is 0 Å². The van der Waals surface area contributed by atoms with E-state index in [1.165, 1.54) is 64.2 Å². The molecule has 0 saturated carbocycles. The first kappa shape index (κ1) is 33.5. The zero-order valence-corrected chi connectivity index (χ0v) is 22.3. The minimum atomic E-state index is -0.611. The van der Waals surface area contributed by atoms with Crippen LogP contribution in [0.25, 0.3) is 0 Å². The number of ketones is 1. The van der Waals surface area contributed by atoms with Gasteiger partial charge < -0.3 is 26.8 Å². The van der Waals surface area contributed by atoms with Gasteiger partial charge in [0.2, 0.25) is 0 Å². The van der Waals surface area contributed by atoms with Gasteiger partial charge in [-0.05, 0) is 32.6 Å². The first-order valence-electron chi connectivity index (χ1n) is 14.4. The number of nitrogens with two attached hydrogens (primary N) is 2. The zero-order chi connectivity index (χ0) is 25.4. The number of aliphatic hydroxyl groups is 3. The number of unbranched alkanes of at least 4 members (excludes halogenated alkanes) is 15. The van der Waals surface area contributed by atoms with Crippen LogP contribution in [-0.4, -0.2) is 52.0 Å². The summed E-state index contributed by atoms with van der Waals surface area (Å²) in [6.07, 6.45) is 22.0. The summed E-state index contributed by atoms with van der Waals surface area (Å²) in [5.74, 6) is 0.413. The molecule has 0 heterocycles. The largest absolute Gasteiger partial charge is 0.395 e. The molecule has 0 spiro atoms. The number of aliphatic hydroxyl groups excluding tert-OH is 3. The van der Waals surface area contributed by atoms with Crippen molar-refractivity contribution in [2.24, 2.45) is 11.5 Å². The molecule has 0 aliphatic heterocycles. The van der Waals surface area contributed by atoms with Crippen LogP contribution in [0, 0.1) is 0 Å². The molecular weight excluding hydrogens is 428 g/mol. The first-order valence-corrected chi connectivity index (χ1v) is 14.4. The Morgan fingerprint density at radius 3 is 1.26 bits per heavy atom. The normalized spacial score (nSPS) is 15.2. The van der Waals surface area contributed by atoms with Gasteiger partial charge >= 0.3 is 0 Å². The molecule has 0 fully saturated rings. The number of hydrogen-bond acceptors (Lipinski definition) is 6. The predicted molar refractivity (Wildman–Crippen MR) is 143 cm³/mol. The summed E-state index contributed by atoms with van der Waals surface area (Å²) < 4.78 is 0. The second-order valence-corrected chi connectivity index (χ2v) is 10.5. The molecule has 7 N–H and O–H groups in total. The fourth-order valence-electron chi connectivity index (χ4n) is 4.37. The van der Waals surface area contributed by atoms with E-state index in [0.717, 1.165) is 57.8 Å². The molecule has 0 rings (SSSR count). The van der Waals surface area contributed by atoms with Crippen LogP contribution >= 0.6 is 0 Å². The van der Waals surface area contributed by atoms with Gasteiger partial charge in [-0.15, -0.1) is 0 Å². The molecule has 0 saturated heterocycles. The zero-order valence-electron chi connectivity index (χ0n) is 22.3. The van der Waals surface area contributed by atoms with Gasteiger partial charge in [0.1, 0.15) is 5.78 Å². The highest BCUT2D eigenvalue weighted by atomic mass is 16.3. The fraction of sp³-hybridized carbons (Fsp3) is 0.964. The highest BCUT2D eigenvalue weighted by Crippen LogP contribution is 2.15. The molecule has 6 nitrogen and oxygen atoms in total. The minimum Gasteiger partial charge on any atom is -0.395 e. The van der Waals surface area contributed by atoms with Crippen LogP contribution in [0.15, 0.2) is 0 Å². The lowest BCUT2D eigenvalue weighted by molar-refractivity contribution is -0.119. The van der Waals surface area contributed by atoms with Crippen molar-refractivity contribution in [2.75, 3.05) is 6.61 Å². The molecule has 0 bridgehead atoms. The topological polar surface area (TPSA) is 130 Å². The highest BCUT2D eigenvalue weighted by molar-refractivity contribution is 5.78. The molecule has 34 heavy (non-hydrogen) atoms. The monoisotopic (exact) mass is 486 g/mol. The summed E-state index contributed by atoms with van der Waals surface area (Å²) in [6.45, 7) is 1.69. The molecule has 4 atom stereocenters. The van der Waals surface area contributed by atoms with Crippen molar-refractivity contribution in [3.63, 3.8) is 0 Å². The van der Waals surface area contributed by atoms with E-state index in [4.69, 9.17) is 16.6 Å². The quantitative estimate of drug-likeness (QED) is 0.108. The Balaban J connectivity index is 3.26. The van der Waals surface area contributed by atoms with E-state index in [1.807, 2.05) is 6.92 Å². The molecule has 6 heteroatoms. The Morgan fingerprint density at radius 1 is 0.588 bits per heavy atom. The summed E-state index contributed by atoms with van der Waals surface area (Å²) >= 11 is 0. The Morgan fingerprint density at radius 2 is 0.912 bits per heavy atom. The van der Waals surface area contributed by atoms with E-state index in [-0.39, 0.29) is 18.8 Å². The van der Waals surface area contributed by atoms with Crippen LogP contribution in [0.3, 0.4) is 0 Å². The van der Waals surface area contributed by atoms with Gasteiger partial charge in [-0.1, -0.05) is 96.3 Å². The molecule has 0 amide bonds. The predicted octanol–water partition coefficient (Wildman–Crippen LogP) is 5.14. The molecular formula is C28H58N2O4. The number of Topliss-reactive ketones (excluding diaryl/α,β-unsaturated/α-hetero) is 1. The van der Waals surface area contributed by atoms with Crippen molar-refractivity contribution in [3.05, 3.63) is 0 Å². The Bertz CT molecular complexity index is 448. The average molecular weight is 487 g/mol. The van der Waals surface area contributed by atoms with Gasteiger partial charge in [-0.3, -0.25) is 4.79 Å². The van der Waals surface area contributed by atoms with Gasteiger partial charge in [0, 0.05) is 18.9 Å². The van der Waals surface area contributed by atoms with Gasteiger partial charge in [0.05, 0.1) is 24.9 Å². The number of carbonyl (C=O) groups excluding carboxylic acids is 1. The summed E-state index contributed by atoms with van der Waals surface area (Å²) in [5.41, 5.74) is 11.3. The van der Waals surface area contributed by atoms with E-state index < -0.39 is 12.1 Å². The summed E-state index contributed by atoms with van der Waals surface area (Å²) in [7, 11) is 0. The lowest BCUT2D eigenvalue weighted by atomic mass is 10.0. The van der Waals surface area contributed by atoms with E-state index in [2.05, 4.69) is 0 Å². The minimum absolute atomic E-state index is 0.112. The standard InChI is InChI=1S/C28H58N2O4/c1-24(29)27(33)21-17-13-9-7-5-3-2-4-6-8-11-15-19-25(32)20-16-12-10-14-18-22-28(34)26(30)23-31/h24,26-28,31,33-34H,2-23,29-30H2,1H3/t24-,26+,27+,28+/m0/s1.